The molecule has 7 nitrogen and oxygen atoms in total. The maximum atomic E-state index is 13.3. The van der Waals surface area contributed by atoms with E-state index < -0.39 is 5.91 Å². The van der Waals surface area contributed by atoms with Gasteiger partial charge in [0.05, 0.1) is 34.1 Å². The molecule has 9 heteroatoms. The van der Waals surface area contributed by atoms with Crippen LogP contribution in [0.4, 0.5) is 11.4 Å². The zero-order valence-corrected chi connectivity index (χ0v) is 19.9. The summed E-state index contributed by atoms with van der Waals surface area (Å²) < 4.78 is 17.1. The zero-order valence-electron chi connectivity index (χ0n) is 18.4. The Bertz CT molecular complexity index is 1370. The molecule has 0 bridgehead atoms. The SMILES string of the molecule is COc1ccc(C(=O)Nc2c(Cl)cncc2Cl)c2c1oc1ccc(/N=C\OC(C)(C)C)cc12. The third-order valence-corrected chi connectivity index (χ3v) is 5.30. The Balaban J connectivity index is 1.83. The standard InChI is InChI=1S/C24H21Cl2N3O4/c1-24(2,3)32-12-28-13-5-7-18-15(9-13)20-14(6-8-19(31-4)22(20)33-18)23(30)29-21-16(25)10-27-11-17(21)26/h5-12H,1-4H3,(H,27,29,30)/b28-12-. The van der Waals surface area contributed by atoms with Crippen LogP contribution >= 0.6 is 23.2 Å². The number of fused-ring (bicyclic) bond motifs is 3. The molecule has 0 atom stereocenters. The largest absolute Gasteiger partial charge is 0.493 e. The highest BCUT2D eigenvalue weighted by Gasteiger charge is 2.21. The van der Waals surface area contributed by atoms with Crippen molar-refractivity contribution in [3.8, 4) is 5.75 Å². The number of amides is 1. The third-order valence-electron chi connectivity index (χ3n) is 4.73. The topological polar surface area (TPSA) is 86.0 Å². The molecular weight excluding hydrogens is 465 g/mol. The molecule has 1 N–H and O–H groups in total. The van der Waals surface area contributed by atoms with Crippen LogP contribution in [-0.4, -0.2) is 30.0 Å². The van der Waals surface area contributed by atoms with Crippen molar-refractivity contribution in [3.05, 3.63) is 58.3 Å². The number of nitrogens with zero attached hydrogens (tertiary/aromatic N) is 2. The fraction of sp³-hybridized carbons (Fsp3) is 0.208. The van der Waals surface area contributed by atoms with Crippen molar-refractivity contribution in [2.45, 2.75) is 26.4 Å². The molecule has 0 saturated heterocycles. The minimum atomic E-state index is -0.412. The number of methoxy groups -OCH3 is 1. The monoisotopic (exact) mass is 485 g/mol. The van der Waals surface area contributed by atoms with Crippen LogP contribution in [0.3, 0.4) is 0 Å². The summed E-state index contributed by atoms with van der Waals surface area (Å²) in [4.78, 5) is 21.5. The molecule has 33 heavy (non-hydrogen) atoms. The number of aliphatic imine (C=N–C) groups is 1. The van der Waals surface area contributed by atoms with Gasteiger partial charge in [-0.05, 0) is 51.1 Å². The highest BCUT2D eigenvalue weighted by Crippen LogP contribution is 2.39. The average Bonchev–Trinajstić information content (AvgIpc) is 3.14. The van der Waals surface area contributed by atoms with Gasteiger partial charge in [-0.2, -0.15) is 0 Å². The first-order valence-corrected chi connectivity index (χ1v) is 10.8. The van der Waals surface area contributed by atoms with E-state index in [1.165, 1.54) is 25.9 Å². The maximum Gasteiger partial charge on any atom is 0.256 e. The van der Waals surface area contributed by atoms with Crippen molar-refractivity contribution in [2.75, 3.05) is 12.4 Å². The highest BCUT2D eigenvalue weighted by atomic mass is 35.5. The van der Waals surface area contributed by atoms with Crippen LogP contribution in [0.1, 0.15) is 31.1 Å². The smallest absolute Gasteiger partial charge is 0.256 e. The summed E-state index contributed by atoms with van der Waals surface area (Å²) in [6, 6.07) is 8.75. The van der Waals surface area contributed by atoms with Gasteiger partial charge in [0.2, 0.25) is 0 Å². The van der Waals surface area contributed by atoms with Gasteiger partial charge < -0.3 is 19.2 Å². The summed E-state index contributed by atoms with van der Waals surface area (Å²) in [5.41, 5.74) is 1.95. The molecule has 2 aromatic heterocycles. The molecule has 170 valence electrons. The van der Waals surface area contributed by atoms with Gasteiger partial charge in [-0.1, -0.05) is 23.2 Å². The number of furan rings is 1. The third kappa shape index (κ3) is 4.74. The van der Waals surface area contributed by atoms with Crippen LogP contribution in [0, 0.1) is 0 Å². The molecule has 0 saturated carbocycles. The lowest BCUT2D eigenvalue weighted by atomic mass is 10.0. The second-order valence-electron chi connectivity index (χ2n) is 8.20. The Morgan fingerprint density at radius 2 is 1.88 bits per heavy atom. The van der Waals surface area contributed by atoms with E-state index in [9.17, 15) is 4.79 Å². The van der Waals surface area contributed by atoms with Crippen molar-refractivity contribution in [3.63, 3.8) is 0 Å². The zero-order chi connectivity index (χ0) is 23.8. The summed E-state index contributed by atoms with van der Waals surface area (Å²) in [6.07, 6.45) is 4.22. The Hall–Kier alpha value is -3.29. The number of carbonyl (C=O) groups is 1. The van der Waals surface area contributed by atoms with E-state index in [1.54, 1.807) is 24.3 Å². The maximum absolute atomic E-state index is 13.3. The van der Waals surface area contributed by atoms with Gasteiger partial charge in [-0.25, -0.2) is 4.99 Å². The quantitative estimate of drug-likeness (QED) is 0.242. The predicted molar refractivity (Wildman–Crippen MR) is 131 cm³/mol. The van der Waals surface area contributed by atoms with E-state index in [0.29, 0.717) is 38.9 Å². The molecular formula is C24H21Cl2N3O4. The van der Waals surface area contributed by atoms with E-state index in [-0.39, 0.29) is 21.3 Å². The first-order valence-electron chi connectivity index (χ1n) is 10.0. The van der Waals surface area contributed by atoms with Crippen LogP contribution in [0.15, 0.2) is 52.1 Å². The second kappa shape index (κ2) is 8.92. The molecule has 0 radical (unpaired) electrons. The van der Waals surface area contributed by atoms with Crippen molar-refractivity contribution in [1.29, 1.82) is 0 Å². The molecule has 2 aromatic carbocycles. The van der Waals surface area contributed by atoms with Gasteiger partial charge in [0, 0.05) is 23.2 Å². The van der Waals surface area contributed by atoms with E-state index in [0.717, 1.165) is 0 Å². The van der Waals surface area contributed by atoms with E-state index >= 15 is 0 Å². The predicted octanol–water partition coefficient (Wildman–Crippen LogP) is 7.02. The number of aromatic nitrogens is 1. The Morgan fingerprint density at radius 3 is 2.55 bits per heavy atom. The van der Waals surface area contributed by atoms with Crippen molar-refractivity contribution in [2.24, 2.45) is 4.99 Å². The average molecular weight is 486 g/mol. The van der Waals surface area contributed by atoms with Crippen LogP contribution < -0.4 is 10.1 Å². The van der Waals surface area contributed by atoms with E-state index in [4.69, 9.17) is 37.1 Å². The highest BCUT2D eigenvalue weighted by molar-refractivity contribution is 6.40. The van der Waals surface area contributed by atoms with Crippen LogP contribution in [0.5, 0.6) is 5.75 Å². The Kier molecular flexibility index (Phi) is 6.19. The van der Waals surface area contributed by atoms with E-state index in [2.05, 4.69) is 15.3 Å². The molecule has 1 amide bonds. The molecule has 0 aliphatic heterocycles. The molecule has 4 rings (SSSR count). The molecule has 0 unspecified atom stereocenters. The number of hydrogen-bond acceptors (Lipinski definition) is 6. The summed E-state index contributed by atoms with van der Waals surface area (Å²) in [7, 11) is 1.54. The number of carbonyl (C=O) groups excluding carboxylic acids is 1. The number of hydrogen-bond donors (Lipinski definition) is 1. The molecule has 2 heterocycles. The van der Waals surface area contributed by atoms with Gasteiger partial charge >= 0.3 is 0 Å². The minimum Gasteiger partial charge on any atom is -0.493 e. The number of halogens is 2. The molecule has 0 aliphatic rings. The molecule has 0 aliphatic carbocycles. The van der Waals surface area contributed by atoms with Gasteiger partial charge in [0.25, 0.3) is 5.91 Å². The molecule has 0 spiro atoms. The minimum absolute atomic E-state index is 0.230. The van der Waals surface area contributed by atoms with Gasteiger partial charge in [0.15, 0.2) is 17.7 Å². The first kappa shape index (κ1) is 22.9. The van der Waals surface area contributed by atoms with Crippen molar-refractivity contribution >= 4 is 68.8 Å². The van der Waals surface area contributed by atoms with Gasteiger partial charge in [-0.15, -0.1) is 0 Å². The lowest BCUT2D eigenvalue weighted by Crippen LogP contribution is -2.17. The number of pyridine rings is 1. The summed E-state index contributed by atoms with van der Waals surface area (Å²) >= 11 is 12.3. The van der Waals surface area contributed by atoms with Gasteiger partial charge in [-0.3, -0.25) is 9.78 Å². The molecule has 0 fully saturated rings. The van der Waals surface area contributed by atoms with Gasteiger partial charge in [0.1, 0.15) is 11.2 Å². The molecule has 4 aromatic rings. The first-order chi connectivity index (χ1) is 15.7. The lowest BCUT2D eigenvalue weighted by molar-refractivity contribution is 0.102. The van der Waals surface area contributed by atoms with E-state index in [1.807, 2.05) is 26.8 Å². The fourth-order valence-electron chi connectivity index (χ4n) is 3.23. The Labute approximate surface area is 200 Å². The number of rotatable bonds is 5. The van der Waals surface area contributed by atoms with Crippen molar-refractivity contribution < 1.29 is 18.7 Å². The number of benzene rings is 2. The number of nitrogens with one attached hydrogen (secondary N) is 1. The summed E-state index contributed by atoms with van der Waals surface area (Å²) in [5, 5.41) is 4.51. The van der Waals surface area contributed by atoms with Crippen molar-refractivity contribution in [1.82, 2.24) is 4.98 Å². The number of ether oxygens (including phenoxy) is 2. The lowest BCUT2D eigenvalue weighted by Gasteiger charge is -2.16. The summed E-state index contributed by atoms with van der Waals surface area (Å²) in [5.74, 6) is 0.0872. The second-order valence-corrected chi connectivity index (χ2v) is 9.01. The Morgan fingerprint density at radius 1 is 1.15 bits per heavy atom. The van der Waals surface area contributed by atoms with Crippen LogP contribution in [0.2, 0.25) is 10.0 Å². The number of anilines is 1. The van der Waals surface area contributed by atoms with Crippen LogP contribution in [0.25, 0.3) is 21.9 Å². The van der Waals surface area contributed by atoms with Crippen LogP contribution in [-0.2, 0) is 4.74 Å². The fourth-order valence-corrected chi connectivity index (χ4v) is 3.69. The summed E-state index contributed by atoms with van der Waals surface area (Å²) in [6.45, 7) is 5.80. The normalized spacial score (nSPS) is 11.9.